The third-order valence-electron chi connectivity index (χ3n) is 3.83. The molecule has 1 aliphatic carbocycles. The molecule has 2 rings (SSSR count). The minimum absolute atomic E-state index is 0.141. The van der Waals surface area contributed by atoms with Gasteiger partial charge in [0.25, 0.3) is 0 Å². The predicted molar refractivity (Wildman–Crippen MR) is 74.5 cm³/mol. The summed E-state index contributed by atoms with van der Waals surface area (Å²) < 4.78 is 18.6. The van der Waals surface area contributed by atoms with Crippen molar-refractivity contribution in [1.29, 1.82) is 0 Å². The van der Waals surface area contributed by atoms with Gasteiger partial charge in [0.05, 0.1) is 11.7 Å². The molecule has 0 aromatic heterocycles. The zero-order valence-electron chi connectivity index (χ0n) is 11.8. The topological polar surface area (TPSA) is 46.5 Å². The predicted octanol–water partition coefficient (Wildman–Crippen LogP) is 3.35. The Hall–Kier alpha value is -1.42. The van der Waals surface area contributed by atoms with Gasteiger partial charge in [-0.15, -0.1) is 0 Å². The van der Waals surface area contributed by atoms with Crippen molar-refractivity contribution < 1.29 is 19.0 Å². The van der Waals surface area contributed by atoms with Crippen LogP contribution in [0.2, 0.25) is 0 Å². The second-order valence-electron chi connectivity index (χ2n) is 5.55. The molecule has 0 aliphatic heterocycles. The summed E-state index contributed by atoms with van der Waals surface area (Å²) in [6.45, 7) is 1.51. The second-order valence-corrected chi connectivity index (χ2v) is 5.55. The van der Waals surface area contributed by atoms with E-state index in [2.05, 4.69) is 0 Å². The van der Waals surface area contributed by atoms with Gasteiger partial charge in [-0.3, -0.25) is 4.79 Å². The molecular formula is C16H21FO3. The van der Waals surface area contributed by atoms with Crippen molar-refractivity contribution in [3.8, 4) is 5.75 Å². The molecule has 4 heteroatoms. The number of ketones is 1. The number of carbonyl (C=O) groups is 1. The molecule has 3 nitrogen and oxygen atoms in total. The lowest BCUT2D eigenvalue weighted by atomic mass is 10.0. The van der Waals surface area contributed by atoms with Crippen LogP contribution < -0.4 is 4.74 Å². The molecule has 0 bridgehead atoms. The molecule has 1 saturated carbocycles. The highest BCUT2D eigenvalue weighted by Gasteiger charge is 2.19. The average Bonchev–Trinajstić information content (AvgIpc) is 2.90. The van der Waals surface area contributed by atoms with Crippen LogP contribution in [0, 0.1) is 11.7 Å². The molecule has 0 amide bonds. The molecule has 1 fully saturated rings. The lowest BCUT2D eigenvalue weighted by Gasteiger charge is -2.17. The van der Waals surface area contributed by atoms with E-state index in [1.165, 1.54) is 50.8 Å². The summed E-state index contributed by atoms with van der Waals surface area (Å²) in [6, 6.07) is 3.86. The maximum atomic E-state index is 13.1. The lowest BCUT2D eigenvalue weighted by molar-refractivity contribution is 0.0837. The highest BCUT2D eigenvalue weighted by Crippen LogP contribution is 2.29. The molecule has 0 heterocycles. The number of halogens is 1. The van der Waals surface area contributed by atoms with E-state index in [1.54, 1.807) is 0 Å². The van der Waals surface area contributed by atoms with Crippen LogP contribution in [0.1, 0.15) is 49.4 Å². The van der Waals surface area contributed by atoms with Crippen LogP contribution in [0.15, 0.2) is 18.2 Å². The Bertz CT molecular complexity index is 467. The van der Waals surface area contributed by atoms with E-state index in [-0.39, 0.29) is 18.0 Å². The monoisotopic (exact) mass is 280 g/mol. The van der Waals surface area contributed by atoms with E-state index < -0.39 is 11.9 Å². The molecule has 110 valence electrons. The Balaban J connectivity index is 1.91. The van der Waals surface area contributed by atoms with E-state index in [1.807, 2.05) is 0 Å². The van der Waals surface area contributed by atoms with Crippen molar-refractivity contribution in [3.05, 3.63) is 29.6 Å². The summed E-state index contributed by atoms with van der Waals surface area (Å²) in [7, 11) is 0. The average molecular weight is 280 g/mol. The minimum Gasteiger partial charge on any atom is -0.490 e. The molecule has 1 aromatic rings. The van der Waals surface area contributed by atoms with Crippen LogP contribution >= 0.6 is 0 Å². The van der Waals surface area contributed by atoms with Crippen molar-refractivity contribution in [2.75, 3.05) is 6.61 Å². The van der Waals surface area contributed by atoms with Crippen LogP contribution in [-0.2, 0) is 0 Å². The van der Waals surface area contributed by atoms with Crippen LogP contribution in [0.4, 0.5) is 4.39 Å². The number of hydrogen-bond acceptors (Lipinski definition) is 3. The molecule has 0 saturated heterocycles. The maximum Gasteiger partial charge on any atom is 0.163 e. The van der Waals surface area contributed by atoms with Crippen molar-refractivity contribution in [2.45, 2.75) is 45.1 Å². The Labute approximate surface area is 118 Å². The third kappa shape index (κ3) is 4.04. The van der Waals surface area contributed by atoms with Gasteiger partial charge in [0.15, 0.2) is 5.78 Å². The SMILES string of the molecule is CC(=O)c1cc(F)ccc1OCC(O)CC1CCCC1. The molecule has 1 atom stereocenters. The Morgan fingerprint density at radius 1 is 1.45 bits per heavy atom. The fraction of sp³-hybridized carbons (Fsp3) is 0.562. The highest BCUT2D eigenvalue weighted by atomic mass is 19.1. The Morgan fingerprint density at radius 3 is 2.80 bits per heavy atom. The van der Waals surface area contributed by atoms with E-state index in [9.17, 15) is 14.3 Å². The highest BCUT2D eigenvalue weighted by molar-refractivity contribution is 5.96. The largest absolute Gasteiger partial charge is 0.490 e. The molecule has 1 N–H and O–H groups in total. The Morgan fingerprint density at radius 2 is 2.15 bits per heavy atom. The fourth-order valence-corrected chi connectivity index (χ4v) is 2.79. The zero-order chi connectivity index (χ0) is 14.5. The van der Waals surface area contributed by atoms with Crippen LogP contribution in [0.5, 0.6) is 5.75 Å². The smallest absolute Gasteiger partial charge is 0.163 e. The number of aliphatic hydroxyl groups excluding tert-OH is 1. The molecule has 20 heavy (non-hydrogen) atoms. The van der Waals surface area contributed by atoms with Gasteiger partial charge in [0.2, 0.25) is 0 Å². The number of Topliss-reactive ketones (excluding diaryl/α,β-unsaturated/α-hetero) is 1. The van der Waals surface area contributed by atoms with Gasteiger partial charge in [0, 0.05) is 0 Å². The maximum absolute atomic E-state index is 13.1. The summed E-state index contributed by atoms with van der Waals surface area (Å²) in [5.41, 5.74) is 0.220. The van der Waals surface area contributed by atoms with Crippen molar-refractivity contribution in [1.82, 2.24) is 0 Å². The van der Waals surface area contributed by atoms with E-state index >= 15 is 0 Å². The number of rotatable bonds is 6. The molecule has 1 unspecified atom stereocenters. The molecule has 0 spiro atoms. The summed E-state index contributed by atoms with van der Waals surface area (Å²) in [5.74, 6) is 0.206. The first-order valence-corrected chi connectivity index (χ1v) is 7.17. The first kappa shape index (κ1) is 15.0. The summed E-state index contributed by atoms with van der Waals surface area (Å²) in [5, 5.41) is 9.97. The summed E-state index contributed by atoms with van der Waals surface area (Å²) >= 11 is 0. The molecular weight excluding hydrogens is 259 g/mol. The van der Waals surface area contributed by atoms with Crippen LogP contribution in [-0.4, -0.2) is 23.6 Å². The number of aliphatic hydroxyl groups is 1. The fourth-order valence-electron chi connectivity index (χ4n) is 2.79. The molecule has 0 radical (unpaired) electrons. The van der Waals surface area contributed by atoms with Crippen LogP contribution in [0.25, 0.3) is 0 Å². The standard InChI is InChI=1S/C16H21FO3/c1-11(18)15-9-13(17)6-7-16(15)20-10-14(19)8-12-4-2-3-5-12/h6-7,9,12,14,19H,2-5,8,10H2,1H3. The Kier molecular flexibility index (Phi) is 5.12. The van der Waals surface area contributed by atoms with Gasteiger partial charge >= 0.3 is 0 Å². The molecule has 1 aromatic carbocycles. The minimum atomic E-state index is -0.539. The van der Waals surface area contributed by atoms with Gasteiger partial charge in [-0.05, 0) is 37.5 Å². The number of benzene rings is 1. The van der Waals surface area contributed by atoms with Gasteiger partial charge in [-0.2, -0.15) is 0 Å². The van der Waals surface area contributed by atoms with Crippen LogP contribution in [0.3, 0.4) is 0 Å². The van der Waals surface area contributed by atoms with E-state index in [4.69, 9.17) is 4.74 Å². The number of hydrogen-bond donors (Lipinski definition) is 1. The molecule has 1 aliphatic rings. The van der Waals surface area contributed by atoms with Gasteiger partial charge in [-0.25, -0.2) is 4.39 Å². The second kappa shape index (κ2) is 6.84. The van der Waals surface area contributed by atoms with E-state index in [0.29, 0.717) is 11.7 Å². The van der Waals surface area contributed by atoms with Gasteiger partial charge < -0.3 is 9.84 Å². The van der Waals surface area contributed by atoms with E-state index in [0.717, 1.165) is 6.42 Å². The summed E-state index contributed by atoms with van der Waals surface area (Å²) in [6.07, 6.45) is 5.02. The normalized spacial score (nSPS) is 17.1. The van der Waals surface area contributed by atoms with Gasteiger partial charge in [0.1, 0.15) is 18.2 Å². The van der Waals surface area contributed by atoms with Gasteiger partial charge in [-0.1, -0.05) is 25.7 Å². The number of carbonyl (C=O) groups excluding carboxylic acids is 1. The van der Waals surface area contributed by atoms with Crippen molar-refractivity contribution in [2.24, 2.45) is 5.92 Å². The van der Waals surface area contributed by atoms with Crippen molar-refractivity contribution >= 4 is 5.78 Å². The first-order chi connectivity index (χ1) is 9.56. The first-order valence-electron chi connectivity index (χ1n) is 7.17. The summed E-state index contributed by atoms with van der Waals surface area (Å²) in [4.78, 5) is 11.4. The number of ether oxygens (including phenoxy) is 1. The third-order valence-corrected chi connectivity index (χ3v) is 3.83. The lowest BCUT2D eigenvalue weighted by Crippen LogP contribution is -2.21. The van der Waals surface area contributed by atoms with Crippen molar-refractivity contribution in [3.63, 3.8) is 0 Å². The zero-order valence-corrected chi connectivity index (χ0v) is 11.8. The quantitative estimate of drug-likeness (QED) is 0.813.